The van der Waals surface area contributed by atoms with Crippen molar-refractivity contribution < 1.29 is 19.0 Å². The normalized spacial score (nSPS) is 10.5. The van der Waals surface area contributed by atoms with Gasteiger partial charge < -0.3 is 14.2 Å². The lowest BCUT2D eigenvalue weighted by atomic mass is 10.1. The first-order chi connectivity index (χ1) is 10.7. The molecule has 0 fully saturated rings. The van der Waals surface area contributed by atoms with Crippen LogP contribution in [0, 0.1) is 0 Å². The van der Waals surface area contributed by atoms with E-state index in [1.54, 1.807) is 37.6 Å². The molecule has 0 saturated heterocycles. The van der Waals surface area contributed by atoms with Crippen LogP contribution in [0.1, 0.15) is 11.3 Å². The van der Waals surface area contributed by atoms with Gasteiger partial charge in [0.15, 0.2) is 0 Å². The molecule has 0 aliphatic carbocycles. The smallest absolute Gasteiger partial charge is 0.330 e. The highest BCUT2D eigenvalue weighted by Crippen LogP contribution is 2.26. The summed E-state index contributed by atoms with van der Waals surface area (Å²) >= 11 is 0. The van der Waals surface area contributed by atoms with E-state index < -0.39 is 5.97 Å². The van der Waals surface area contributed by atoms with Crippen LogP contribution in [0.4, 0.5) is 0 Å². The third-order valence-corrected chi connectivity index (χ3v) is 2.92. The number of carbonyl (C=O) groups excluding carboxylic acids is 1. The number of nitrogens with zero attached hydrogens (tertiary/aromatic N) is 1. The fraction of sp³-hybridized carbons (Fsp3) is 0.176. The summed E-state index contributed by atoms with van der Waals surface area (Å²) in [5.74, 6) is 0.875. The fourth-order valence-corrected chi connectivity index (χ4v) is 1.78. The molecule has 1 aromatic carbocycles. The number of esters is 1. The second-order valence-corrected chi connectivity index (χ2v) is 4.37. The minimum Gasteiger partial charge on any atom is -0.497 e. The van der Waals surface area contributed by atoms with Crippen molar-refractivity contribution in [3.8, 4) is 11.5 Å². The van der Waals surface area contributed by atoms with Crippen molar-refractivity contribution in [2.75, 3.05) is 14.2 Å². The van der Waals surface area contributed by atoms with Gasteiger partial charge in [0.1, 0.15) is 18.1 Å². The van der Waals surface area contributed by atoms with Gasteiger partial charge in [0, 0.05) is 17.8 Å². The second-order valence-electron chi connectivity index (χ2n) is 4.37. The molecule has 114 valence electrons. The third-order valence-electron chi connectivity index (χ3n) is 2.92. The molecule has 0 radical (unpaired) electrons. The summed E-state index contributed by atoms with van der Waals surface area (Å²) in [4.78, 5) is 15.4. The molecule has 1 heterocycles. The molecular weight excluding hydrogens is 282 g/mol. The molecule has 0 N–H and O–H groups in total. The predicted molar refractivity (Wildman–Crippen MR) is 82.6 cm³/mol. The summed E-state index contributed by atoms with van der Waals surface area (Å²) in [5, 5.41) is 0. The second kappa shape index (κ2) is 7.83. The molecule has 2 aromatic rings. The van der Waals surface area contributed by atoms with Crippen molar-refractivity contribution in [1.29, 1.82) is 0 Å². The zero-order valence-electron chi connectivity index (χ0n) is 12.5. The number of methoxy groups -OCH3 is 2. The standard InChI is InChI=1S/C17H17NO4/c1-20-15-7-8-16(13(11-15)6-9-17(19)21-2)22-12-14-5-3-4-10-18-14/h3-11H,12H2,1-2H3/b9-6-. The largest absolute Gasteiger partial charge is 0.497 e. The van der Waals surface area contributed by atoms with Gasteiger partial charge in [-0.15, -0.1) is 0 Å². The monoisotopic (exact) mass is 299 g/mol. The van der Waals surface area contributed by atoms with Gasteiger partial charge in [-0.2, -0.15) is 0 Å². The van der Waals surface area contributed by atoms with Gasteiger partial charge >= 0.3 is 5.97 Å². The van der Waals surface area contributed by atoms with E-state index in [1.807, 2.05) is 18.2 Å². The minimum atomic E-state index is -0.432. The number of carbonyl (C=O) groups is 1. The number of rotatable bonds is 6. The molecule has 0 bridgehead atoms. The molecule has 5 heteroatoms. The Kier molecular flexibility index (Phi) is 5.54. The molecular formula is C17H17NO4. The topological polar surface area (TPSA) is 57.7 Å². The number of ether oxygens (including phenoxy) is 3. The maximum atomic E-state index is 11.2. The van der Waals surface area contributed by atoms with Crippen LogP contribution in [0.2, 0.25) is 0 Å². The number of pyridine rings is 1. The lowest BCUT2D eigenvalue weighted by molar-refractivity contribution is -0.134. The van der Waals surface area contributed by atoms with Crippen molar-refractivity contribution in [3.63, 3.8) is 0 Å². The first-order valence-electron chi connectivity index (χ1n) is 6.69. The first kappa shape index (κ1) is 15.6. The van der Waals surface area contributed by atoms with Gasteiger partial charge in [-0.1, -0.05) is 6.07 Å². The highest BCUT2D eigenvalue weighted by atomic mass is 16.5. The summed E-state index contributed by atoms with van der Waals surface area (Å²) in [6, 6.07) is 11.0. The Labute approximate surface area is 129 Å². The van der Waals surface area contributed by atoms with E-state index in [0.29, 0.717) is 18.1 Å². The van der Waals surface area contributed by atoms with E-state index in [4.69, 9.17) is 9.47 Å². The molecule has 0 spiro atoms. The number of aromatic nitrogens is 1. The molecule has 22 heavy (non-hydrogen) atoms. The molecule has 0 saturated carbocycles. The lowest BCUT2D eigenvalue weighted by Gasteiger charge is -2.10. The summed E-state index contributed by atoms with van der Waals surface area (Å²) in [5.41, 5.74) is 1.54. The van der Waals surface area contributed by atoms with Crippen molar-refractivity contribution in [2.45, 2.75) is 6.61 Å². The van der Waals surface area contributed by atoms with Crippen molar-refractivity contribution in [1.82, 2.24) is 4.98 Å². The Morgan fingerprint density at radius 1 is 1.23 bits per heavy atom. The molecule has 5 nitrogen and oxygen atoms in total. The quantitative estimate of drug-likeness (QED) is 0.606. The minimum absolute atomic E-state index is 0.340. The molecule has 0 aliphatic rings. The van der Waals surface area contributed by atoms with Gasteiger partial charge in [0.2, 0.25) is 0 Å². The zero-order valence-corrected chi connectivity index (χ0v) is 12.5. The van der Waals surface area contributed by atoms with Crippen LogP contribution >= 0.6 is 0 Å². The Morgan fingerprint density at radius 2 is 2.09 bits per heavy atom. The van der Waals surface area contributed by atoms with Gasteiger partial charge in [-0.25, -0.2) is 4.79 Å². The number of hydrogen-bond acceptors (Lipinski definition) is 5. The summed E-state index contributed by atoms with van der Waals surface area (Å²) in [6.45, 7) is 0.340. The van der Waals surface area contributed by atoms with Crippen LogP contribution in [0.25, 0.3) is 6.08 Å². The van der Waals surface area contributed by atoms with Crippen molar-refractivity contribution in [3.05, 3.63) is 59.9 Å². The molecule has 2 rings (SSSR count). The third kappa shape index (κ3) is 4.34. The molecule has 0 unspecified atom stereocenters. The Balaban J connectivity index is 2.18. The van der Waals surface area contributed by atoms with Gasteiger partial charge in [0.05, 0.1) is 19.9 Å². The molecule has 0 atom stereocenters. The van der Waals surface area contributed by atoms with Gasteiger partial charge in [0.25, 0.3) is 0 Å². The molecule has 0 aliphatic heterocycles. The van der Waals surface area contributed by atoms with Crippen LogP contribution < -0.4 is 9.47 Å². The van der Waals surface area contributed by atoms with E-state index in [-0.39, 0.29) is 0 Å². The van der Waals surface area contributed by atoms with Gasteiger partial charge in [-0.3, -0.25) is 4.98 Å². The van der Waals surface area contributed by atoms with Crippen molar-refractivity contribution >= 4 is 12.0 Å². The summed E-state index contributed by atoms with van der Waals surface area (Å²) in [7, 11) is 2.91. The van der Waals surface area contributed by atoms with Crippen LogP contribution in [0.5, 0.6) is 11.5 Å². The maximum Gasteiger partial charge on any atom is 0.330 e. The lowest BCUT2D eigenvalue weighted by Crippen LogP contribution is -1.99. The number of hydrogen-bond donors (Lipinski definition) is 0. The fourth-order valence-electron chi connectivity index (χ4n) is 1.78. The van der Waals surface area contributed by atoms with Crippen LogP contribution in [0.15, 0.2) is 48.7 Å². The van der Waals surface area contributed by atoms with Crippen LogP contribution in [0.3, 0.4) is 0 Å². The highest BCUT2D eigenvalue weighted by Gasteiger charge is 2.05. The highest BCUT2D eigenvalue weighted by molar-refractivity contribution is 5.87. The maximum absolute atomic E-state index is 11.2. The number of benzene rings is 1. The van der Waals surface area contributed by atoms with E-state index in [1.165, 1.54) is 13.2 Å². The molecule has 1 aromatic heterocycles. The Morgan fingerprint density at radius 3 is 2.77 bits per heavy atom. The zero-order chi connectivity index (χ0) is 15.8. The van der Waals surface area contributed by atoms with Crippen LogP contribution in [-0.2, 0) is 16.1 Å². The average Bonchev–Trinajstić information content (AvgIpc) is 2.58. The van der Waals surface area contributed by atoms with Gasteiger partial charge in [-0.05, 0) is 36.4 Å². The van der Waals surface area contributed by atoms with Crippen molar-refractivity contribution in [2.24, 2.45) is 0 Å². The summed E-state index contributed by atoms with van der Waals surface area (Å²) < 4.78 is 15.5. The molecule has 0 amide bonds. The van der Waals surface area contributed by atoms with E-state index in [2.05, 4.69) is 9.72 Å². The predicted octanol–water partition coefficient (Wildman–Crippen LogP) is 2.86. The van der Waals surface area contributed by atoms with Crippen LogP contribution in [-0.4, -0.2) is 25.2 Å². The SMILES string of the molecule is COC(=O)/C=C\c1cc(OC)ccc1OCc1ccccn1. The Hall–Kier alpha value is -2.82. The summed E-state index contributed by atoms with van der Waals surface area (Å²) in [6.07, 6.45) is 4.68. The van der Waals surface area contributed by atoms with E-state index >= 15 is 0 Å². The first-order valence-corrected chi connectivity index (χ1v) is 6.69. The average molecular weight is 299 g/mol. The van der Waals surface area contributed by atoms with E-state index in [0.717, 1.165) is 11.3 Å². The Bertz CT molecular complexity index is 653. The van der Waals surface area contributed by atoms with E-state index in [9.17, 15) is 4.79 Å².